The molecule has 1 atom stereocenters. The summed E-state index contributed by atoms with van der Waals surface area (Å²) in [7, 11) is 4.00. The molecule has 0 aromatic carbocycles. The van der Waals surface area contributed by atoms with Gasteiger partial charge in [0.1, 0.15) is 7.85 Å². The van der Waals surface area contributed by atoms with E-state index in [4.69, 9.17) is 4.52 Å². The maximum atomic E-state index is 4.88. The summed E-state index contributed by atoms with van der Waals surface area (Å²) in [4.78, 5) is 0. The topological polar surface area (TPSA) is 26.0 Å². The molecule has 0 aliphatic carbocycles. The third-order valence-electron chi connectivity index (χ3n) is 1.24. The van der Waals surface area contributed by atoms with E-state index in [-0.39, 0.29) is 0 Å². The van der Waals surface area contributed by atoms with Crippen LogP contribution in [0.1, 0.15) is 18.4 Å². The maximum Gasteiger partial charge on any atom is 0.190 e. The molecule has 0 fully saturated rings. The Morgan fingerprint density at radius 1 is 1.78 bits per heavy atom. The van der Waals surface area contributed by atoms with Gasteiger partial charge in [-0.2, -0.15) is 0 Å². The molecule has 0 saturated carbocycles. The van der Waals surface area contributed by atoms with Crippen molar-refractivity contribution in [1.82, 2.24) is 5.16 Å². The van der Waals surface area contributed by atoms with Crippen molar-refractivity contribution < 1.29 is 4.52 Å². The van der Waals surface area contributed by atoms with E-state index < -0.39 is 0 Å². The van der Waals surface area contributed by atoms with Crippen LogP contribution < -0.4 is 5.66 Å². The quantitative estimate of drug-likeness (QED) is 0.428. The van der Waals surface area contributed by atoms with Crippen LogP contribution in [-0.2, 0) is 0 Å². The number of aromatic nitrogens is 1. The molecule has 9 heavy (non-hydrogen) atoms. The Morgan fingerprint density at radius 3 is 2.67 bits per heavy atom. The molecule has 1 aromatic heterocycles. The van der Waals surface area contributed by atoms with E-state index in [1.165, 1.54) is 0 Å². The van der Waals surface area contributed by atoms with Crippen molar-refractivity contribution in [3.8, 4) is 0 Å². The summed E-state index contributed by atoms with van der Waals surface area (Å²) in [5.41, 5.74) is 1.92. The van der Waals surface area contributed by atoms with Crippen LogP contribution in [0.5, 0.6) is 0 Å². The highest BCUT2D eigenvalue weighted by atomic mass is 16.5. The first-order valence-corrected chi connectivity index (χ1v) is 3.13. The molecular weight excluding hydrogens is 112 g/mol. The highest BCUT2D eigenvalue weighted by Gasteiger charge is 2.02. The van der Waals surface area contributed by atoms with Crippen LogP contribution in [0.15, 0.2) is 10.6 Å². The molecule has 4 heteroatoms. The van der Waals surface area contributed by atoms with Crippen LogP contribution in [0.2, 0.25) is 0 Å². The van der Waals surface area contributed by atoms with Crippen molar-refractivity contribution in [3.63, 3.8) is 0 Å². The average molecular weight is 121 g/mol. The third-order valence-corrected chi connectivity index (χ3v) is 1.24. The van der Waals surface area contributed by atoms with Crippen LogP contribution in [0.3, 0.4) is 0 Å². The zero-order valence-electron chi connectivity index (χ0n) is 6.01. The molecule has 0 N–H and O–H groups in total. The lowest BCUT2D eigenvalue weighted by molar-refractivity contribution is 0.436. The van der Waals surface area contributed by atoms with Gasteiger partial charge in [0.05, 0.1) is 11.4 Å². The van der Waals surface area contributed by atoms with Gasteiger partial charge in [-0.15, -0.1) is 0 Å². The zero-order chi connectivity index (χ0) is 6.85. The first-order valence-electron chi connectivity index (χ1n) is 3.13. The predicted octanol–water partition coefficient (Wildman–Crippen LogP) is -1.37. The van der Waals surface area contributed by atoms with E-state index in [0.29, 0.717) is 5.82 Å². The summed E-state index contributed by atoms with van der Waals surface area (Å²) in [5.74, 6) is 0.474. The van der Waals surface area contributed by atoms with Crippen LogP contribution >= 0.6 is 0 Å². The van der Waals surface area contributed by atoms with Crippen LogP contribution in [0.4, 0.5) is 0 Å². The van der Waals surface area contributed by atoms with Gasteiger partial charge >= 0.3 is 0 Å². The molecule has 46 valence electrons. The lowest BCUT2D eigenvalue weighted by Gasteiger charge is -1.92. The number of nitrogens with zero attached hydrogens (tertiary/aromatic N) is 1. The largest absolute Gasteiger partial charge is 0.373 e. The van der Waals surface area contributed by atoms with Crippen LogP contribution in [0, 0.1) is 0 Å². The molecule has 0 amide bonds. The van der Waals surface area contributed by atoms with Gasteiger partial charge in [0.15, 0.2) is 7.85 Å². The van der Waals surface area contributed by atoms with Crippen molar-refractivity contribution in [1.29, 1.82) is 0 Å². The second kappa shape index (κ2) is 2.29. The van der Waals surface area contributed by atoms with E-state index in [9.17, 15) is 0 Å². The fraction of sp³-hybridized carbons (Fsp3) is 0.400. The highest BCUT2D eigenvalue weighted by Crippen LogP contribution is 2.04. The molecule has 0 saturated heterocycles. The SMILES string of the molecule is Bc1cc([C@H](B)C)no1. The van der Waals surface area contributed by atoms with Gasteiger partial charge in [-0.3, -0.25) is 0 Å². The van der Waals surface area contributed by atoms with Crippen molar-refractivity contribution >= 4 is 21.4 Å². The zero-order valence-corrected chi connectivity index (χ0v) is 6.01. The van der Waals surface area contributed by atoms with Crippen molar-refractivity contribution in [2.24, 2.45) is 0 Å². The monoisotopic (exact) mass is 121 g/mol. The van der Waals surface area contributed by atoms with Crippen molar-refractivity contribution in [2.75, 3.05) is 0 Å². The molecule has 0 bridgehead atoms. The lowest BCUT2D eigenvalue weighted by Crippen LogP contribution is -1.95. The molecule has 1 rings (SSSR count). The molecule has 2 nitrogen and oxygen atoms in total. The Bertz CT molecular complexity index is 197. The first kappa shape index (κ1) is 6.46. The van der Waals surface area contributed by atoms with Gasteiger partial charge in [-0.25, -0.2) is 0 Å². The fourth-order valence-electron chi connectivity index (χ4n) is 0.658. The van der Waals surface area contributed by atoms with E-state index >= 15 is 0 Å². The van der Waals surface area contributed by atoms with Gasteiger partial charge in [0.25, 0.3) is 0 Å². The van der Waals surface area contributed by atoms with Gasteiger partial charge in [0, 0.05) is 0 Å². The molecular formula is C5H9B2NO. The van der Waals surface area contributed by atoms with E-state index in [2.05, 4.69) is 19.9 Å². The van der Waals surface area contributed by atoms with Gasteiger partial charge in [-0.05, 0) is 11.9 Å². The van der Waals surface area contributed by atoms with Crippen molar-refractivity contribution in [2.45, 2.75) is 12.7 Å². The second-order valence-corrected chi connectivity index (χ2v) is 2.52. The number of hydrogen-bond acceptors (Lipinski definition) is 2. The first-order chi connectivity index (χ1) is 4.20. The summed E-state index contributed by atoms with van der Waals surface area (Å²) < 4.78 is 4.88. The summed E-state index contributed by atoms with van der Waals surface area (Å²) in [6.45, 7) is 2.09. The van der Waals surface area contributed by atoms with E-state index in [0.717, 1.165) is 11.4 Å². The summed E-state index contributed by atoms with van der Waals surface area (Å²) in [6.07, 6.45) is 0. The van der Waals surface area contributed by atoms with Crippen LogP contribution in [0.25, 0.3) is 0 Å². The second-order valence-electron chi connectivity index (χ2n) is 2.52. The third kappa shape index (κ3) is 1.37. The molecule has 0 aliphatic rings. The molecule has 0 unspecified atom stereocenters. The minimum atomic E-state index is 0.474. The van der Waals surface area contributed by atoms with Crippen LogP contribution in [-0.4, -0.2) is 20.8 Å². The van der Waals surface area contributed by atoms with Gasteiger partial charge < -0.3 is 4.52 Å². The normalized spacial score (nSPS) is 13.4. The lowest BCUT2D eigenvalue weighted by atomic mass is 9.86. The Balaban J connectivity index is 2.85. The molecule has 0 aliphatic heterocycles. The fourth-order valence-corrected chi connectivity index (χ4v) is 0.658. The molecule has 0 spiro atoms. The van der Waals surface area contributed by atoms with E-state index in [1.54, 1.807) is 0 Å². The smallest absolute Gasteiger partial charge is 0.190 e. The van der Waals surface area contributed by atoms with Gasteiger partial charge in [0.2, 0.25) is 0 Å². The average Bonchev–Trinajstić information content (AvgIpc) is 2.14. The minimum Gasteiger partial charge on any atom is -0.373 e. The number of hydrogen-bond donors (Lipinski definition) is 0. The minimum absolute atomic E-state index is 0.474. The summed E-state index contributed by atoms with van der Waals surface area (Å²) >= 11 is 0. The Labute approximate surface area is 56.4 Å². The highest BCUT2D eigenvalue weighted by molar-refractivity contribution is 6.29. The van der Waals surface area contributed by atoms with Crippen molar-refractivity contribution in [3.05, 3.63) is 11.8 Å². The summed E-state index contributed by atoms with van der Waals surface area (Å²) in [6, 6.07) is 1.96. The Morgan fingerprint density at radius 2 is 2.44 bits per heavy atom. The maximum absolute atomic E-state index is 4.88. The molecule has 1 heterocycles. The summed E-state index contributed by atoms with van der Waals surface area (Å²) in [5, 5.41) is 3.84. The Kier molecular flexibility index (Phi) is 1.65. The molecule has 0 radical (unpaired) electrons. The molecule has 1 aromatic rings. The van der Waals surface area contributed by atoms with E-state index in [1.807, 2.05) is 13.9 Å². The van der Waals surface area contributed by atoms with Gasteiger partial charge in [-0.1, -0.05) is 12.1 Å². The number of rotatable bonds is 1. The standard InChI is InChI=1S/C5H9B2NO/c1-3(6)4-2-5(7)9-8-4/h2-3H,6-7H2,1H3/t3-/m1/s1. The Hall–Kier alpha value is -0.660. The predicted molar refractivity (Wildman–Crippen MR) is 41.6 cm³/mol.